The summed E-state index contributed by atoms with van der Waals surface area (Å²) in [5.41, 5.74) is 2.88. The Labute approximate surface area is 130 Å². The molecule has 2 aromatic rings. The highest BCUT2D eigenvalue weighted by Gasteiger charge is 2.07. The summed E-state index contributed by atoms with van der Waals surface area (Å²) >= 11 is 5.95. The number of halogens is 1. The highest BCUT2D eigenvalue weighted by atomic mass is 35.5. The lowest BCUT2D eigenvalue weighted by atomic mass is 10.2. The molecule has 0 atom stereocenters. The van der Waals surface area contributed by atoms with Crippen molar-refractivity contribution in [3.05, 3.63) is 59.1 Å². The molecule has 3 nitrogen and oxygen atoms in total. The number of aryl methyl sites for hydroxylation is 1. The maximum absolute atomic E-state index is 12.0. The molecule has 110 valence electrons. The van der Waals surface area contributed by atoms with Crippen LogP contribution in [0.2, 0.25) is 5.02 Å². The number of carbonyl (C=O) groups excluding carboxylic acids is 1. The van der Waals surface area contributed by atoms with Crippen LogP contribution in [0.5, 0.6) is 0 Å². The summed E-state index contributed by atoms with van der Waals surface area (Å²) < 4.78 is 0. The molecule has 0 saturated heterocycles. The third-order valence-corrected chi connectivity index (χ3v) is 3.58. The van der Waals surface area contributed by atoms with E-state index in [0.29, 0.717) is 18.0 Å². The normalized spacial score (nSPS) is 10.2. The van der Waals surface area contributed by atoms with E-state index >= 15 is 0 Å². The van der Waals surface area contributed by atoms with Crippen LogP contribution in [-0.2, 0) is 4.79 Å². The van der Waals surface area contributed by atoms with Crippen molar-refractivity contribution in [2.24, 2.45) is 0 Å². The molecule has 21 heavy (non-hydrogen) atoms. The van der Waals surface area contributed by atoms with E-state index in [-0.39, 0.29) is 5.91 Å². The van der Waals surface area contributed by atoms with E-state index in [1.807, 2.05) is 56.4 Å². The SMILES string of the molecule is Cc1ccc(Cl)cc1NC(=O)CCN(C)c1ccccc1. The van der Waals surface area contributed by atoms with E-state index in [1.54, 1.807) is 6.07 Å². The second-order valence-electron chi connectivity index (χ2n) is 5.01. The van der Waals surface area contributed by atoms with Crippen LogP contribution in [0.4, 0.5) is 11.4 Å². The van der Waals surface area contributed by atoms with E-state index in [0.717, 1.165) is 16.9 Å². The molecule has 0 spiro atoms. The Kier molecular flexibility index (Phi) is 5.23. The van der Waals surface area contributed by atoms with Gasteiger partial charge in [0.2, 0.25) is 5.91 Å². The second-order valence-corrected chi connectivity index (χ2v) is 5.45. The van der Waals surface area contributed by atoms with Crippen molar-refractivity contribution in [2.75, 3.05) is 23.8 Å². The number of rotatable bonds is 5. The third-order valence-electron chi connectivity index (χ3n) is 3.34. The maximum Gasteiger partial charge on any atom is 0.226 e. The zero-order chi connectivity index (χ0) is 15.2. The minimum absolute atomic E-state index is 0.0110. The Morgan fingerprint density at radius 3 is 2.62 bits per heavy atom. The Morgan fingerprint density at radius 2 is 1.90 bits per heavy atom. The molecule has 0 fully saturated rings. The van der Waals surface area contributed by atoms with Crippen LogP contribution in [0, 0.1) is 6.92 Å². The van der Waals surface area contributed by atoms with Gasteiger partial charge >= 0.3 is 0 Å². The van der Waals surface area contributed by atoms with E-state index in [2.05, 4.69) is 10.2 Å². The molecule has 4 heteroatoms. The number of para-hydroxylation sites is 1. The highest BCUT2D eigenvalue weighted by molar-refractivity contribution is 6.31. The molecule has 2 rings (SSSR count). The number of anilines is 2. The number of amides is 1. The standard InChI is InChI=1S/C17H19ClN2O/c1-13-8-9-14(18)12-16(13)19-17(21)10-11-20(2)15-6-4-3-5-7-15/h3-9,12H,10-11H2,1-2H3,(H,19,21). The molecule has 1 amide bonds. The van der Waals surface area contributed by atoms with E-state index in [9.17, 15) is 4.79 Å². The average Bonchev–Trinajstić information content (AvgIpc) is 2.49. The fourth-order valence-corrected chi connectivity index (χ4v) is 2.19. The van der Waals surface area contributed by atoms with Crippen molar-refractivity contribution in [3.63, 3.8) is 0 Å². The molecule has 0 unspecified atom stereocenters. The molecule has 0 bridgehead atoms. The summed E-state index contributed by atoms with van der Waals surface area (Å²) in [6.45, 7) is 2.61. The van der Waals surface area contributed by atoms with Gasteiger partial charge in [-0.15, -0.1) is 0 Å². The molecular formula is C17H19ClN2O. The number of benzene rings is 2. The van der Waals surface area contributed by atoms with E-state index in [1.165, 1.54) is 0 Å². The van der Waals surface area contributed by atoms with Gasteiger partial charge in [0.05, 0.1) is 0 Å². The minimum Gasteiger partial charge on any atom is -0.374 e. The van der Waals surface area contributed by atoms with E-state index < -0.39 is 0 Å². The van der Waals surface area contributed by atoms with Gasteiger partial charge in [0.25, 0.3) is 0 Å². The van der Waals surface area contributed by atoms with Crippen molar-refractivity contribution in [3.8, 4) is 0 Å². The van der Waals surface area contributed by atoms with Gasteiger partial charge in [-0.25, -0.2) is 0 Å². The topological polar surface area (TPSA) is 32.3 Å². The van der Waals surface area contributed by atoms with Gasteiger partial charge in [-0.2, -0.15) is 0 Å². The smallest absolute Gasteiger partial charge is 0.226 e. The Bertz CT molecular complexity index is 613. The van der Waals surface area contributed by atoms with Gasteiger partial charge in [-0.3, -0.25) is 4.79 Å². The molecule has 0 aliphatic carbocycles. The number of nitrogens with one attached hydrogen (secondary N) is 1. The fraction of sp³-hybridized carbons (Fsp3) is 0.235. The van der Waals surface area contributed by atoms with Gasteiger partial charge in [-0.1, -0.05) is 35.9 Å². The van der Waals surface area contributed by atoms with Crippen molar-refractivity contribution in [1.29, 1.82) is 0 Å². The Hall–Kier alpha value is -2.00. The molecule has 0 aliphatic heterocycles. The van der Waals surface area contributed by atoms with Crippen LogP contribution < -0.4 is 10.2 Å². The van der Waals surface area contributed by atoms with Crippen molar-refractivity contribution < 1.29 is 4.79 Å². The molecule has 0 aliphatic rings. The predicted molar refractivity (Wildman–Crippen MR) is 89.1 cm³/mol. The number of nitrogens with zero attached hydrogens (tertiary/aromatic N) is 1. The quantitative estimate of drug-likeness (QED) is 0.901. The summed E-state index contributed by atoms with van der Waals surface area (Å²) in [7, 11) is 1.98. The van der Waals surface area contributed by atoms with Crippen molar-refractivity contribution >= 4 is 28.9 Å². The Balaban J connectivity index is 1.89. The fourth-order valence-electron chi connectivity index (χ4n) is 2.02. The number of hydrogen-bond donors (Lipinski definition) is 1. The van der Waals surface area contributed by atoms with Crippen LogP contribution in [-0.4, -0.2) is 19.5 Å². The van der Waals surface area contributed by atoms with Crippen LogP contribution in [0.3, 0.4) is 0 Å². The number of hydrogen-bond acceptors (Lipinski definition) is 2. The van der Waals surface area contributed by atoms with Gasteiger partial charge < -0.3 is 10.2 Å². The first-order valence-corrected chi connectivity index (χ1v) is 7.26. The second kappa shape index (κ2) is 7.14. The van der Waals surface area contributed by atoms with Crippen LogP contribution >= 0.6 is 11.6 Å². The highest BCUT2D eigenvalue weighted by Crippen LogP contribution is 2.20. The molecule has 0 aromatic heterocycles. The Morgan fingerprint density at radius 1 is 1.19 bits per heavy atom. The summed E-state index contributed by atoms with van der Waals surface area (Å²) in [6, 6.07) is 15.5. The summed E-state index contributed by atoms with van der Waals surface area (Å²) in [4.78, 5) is 14.1. The third kappa shape index (κ3) is 4.50. The first-order valence-electron chi connectivity index (χ1n) is 6.88. The molecule has 0 radical (unpaired) electrons. The zero-order valence-corrected chi connectivity index (χ0v) is 13.0. The molecule has 0 heterocycles. The van der Waals surface area contributed by atoms with Gasteiger partial charge in [0.15, 0.2) is 0 Å². The lowest BCUT2D eigenvalue weighted by molar-refractivity contribution is -0.116. The van der Waals surface area contributed by atoms with Gasteiger partial charge in [0.1, 0.15) is 0 Å². The van der Waals surface area contributed by atoms with Gasteiger partial charge in [0, 0.05) is 36.4 Å². The van der Waals surface area contributed by atoms with E-state index in [4.69, 9.17) is 11.6 Å². The van der Waals surface area contributed by atoms with Crippen molar-refractivity contribution in [1.82, 2.24) is 0 Å². The molecule has 1 N–H and O–H groups in total. The van der Waals surface area contributed by atoms with Crippen LogP contribution in [0.1, 0.15) is 12.0 Å². The maximum atomic E-state index is 12.0. The lowest BCUT2D eigenvalue weighted by Gasteiger charge is -2.19. The largest absolute Gasteiger partial charge is 0.374 e. The molecular weight excluding hydrogens is 284 g/mol. The lowest BCUT2D eigenvalue weighted by Crippen LogP contribution is -2.24. The summed E-state index contributed by atoms with van der Waals surface area (Å²) in [5, 5.41) is 3.53. The molecule has 2 aromatic carbocycles. The average molecular weight is 303 g/mol. The van der Waals surface area contributed by atoms with Crippen LogP contribution in [0.25, 0.3) is 0 Å². The molecule has 0 saturated carbocycles. The van der Waals surface area contributed by atoms with Crippen LogP contribution in [0.15, 0.2) is 48.5 Å². The first kappa shape index (κ1) is 15.4. The van der Waals surface area contributed by atoms with Gasteiger partial charge in [-0.05, 0) is 36.8 Å². The summed E-state index contributed by atoms with van der Waals surface area (Å²) in [6.07, 6.45) is 0.428. The monoisotopic (exact) mass is 302 g/mol. The predicted octanol–water partition coefficient (Wildman–Crippen LogP) is 4.11. The zero-order valence-electron chi connectivity index (χ0n) is 12.3. The number of carbonyl (C=O) groups is 1. The minimum atomic E-state index is -0.0110. The summed E-state index contributed by atoms with van der Waals surface area (Å²) in [5.74, 6) is -0.0110. The first-order chi connectivity index (χ1) is 10.1. The van der Waals surface area contributed by atoms with Crippen molar-refractivity contribution in [2.45, 2.75) is 13.3 Å².